The number of aromatic nitrogens is 5. The lowest BCUT2D eigenvalue weighted by Crippen LogP contribution is -2.06. The number of ether oxygens (including phenoxy) is 1. The Kier molecular flexibility index (Phi) is 4.58. The second kappa shape index (κ2) is 6.39. The molecule has 2 heterocycles. The van der Waals surface area contributed by atoms with Crippen molar-refractivity contribution in [3.63, 3.8) is 0 Å². The van der Waals surface area contributed by atoms with Gasteiger partial charge in [-0.3, -0.25) is 0 Å². The first kappa shape index (κ1) is 13.6. The third-order valence-electron chi connectivity index (χ3n) is 2.60. The molecule has 8 heteroatoms. The predicted octanol–water partition coefficient (Wildman–Crippen LogP) is 0.656. The average molecular weight is 266 g/mol. The first-order valence-electron chi connectivity index (χ1n) is 6.30. The van der Waals surface area contributed by atoms with Crippen LogP contribution in [0.15, 0.2) is 10.7 Å². The molecule has 2 rings (SSSR count). The number of nitrogens with zero attached hydrogens (tertiary/aromatic N) is 5. The summed E-state index contributed by atoms with van der Waals surface area (Å²) in [5.74, 6) is 1.04. The summed E-state index contributed by atoms with van der Waals surface area (Å²) in [7, 11) is 0. The predicted molar refractivity (Wildman–Crippen MR) is 66.0 cm³/mol. The van der Waals surface area contributed by atoms with Crippen LogP contribution in [0, 0.1) is 0 Å². The second-order valence-electron chi connectivity index (χ2n) is 4.01. The number of rotatable bonds is 7. The van der Waals surface area contributed by atoms with E-state index in [0.717, 1.165) is 12.1 Å². The molecule has 0 aromatic carbocycles. The Hall–Kier alpha value is -1.80. The van der Waals surface area contributed by atoms with Gasteiger partial charge >= 0.3 is 0 Å². The van der Waals surface area contributed by atoms with Crippen LogP contribution in [0.1, 0.15) is 43.8 Å². The summed E-state index contributed by atoms with van der Waals surface area (Å²) < 4.78 is 12.3. The van der Waals surface area contributed by atoms with Gasteiger partial charge in [-0.2, -0.15) is 4.98 Å². The third kappa shape index (κ3) is 3.36. The van der Waals surface area contributed by atoms with Gasteiger partial charge in [0.25, 0.3) is 0 Å². The zero-order chi connectivity index (χ0) is 13.7. The molecule has 2 aromatic heterocycles. The largest absolute Gasteiger partial charge is 0.370 e. The molecule has 0 amide bonds. The molecule has 1 unspecified atom stereocenters. The van der Waals surface area contributed by atoms with Crippen LogP contribution in [0.4, 0.5) is 0 Å². The Morgan fingerprint density at radius 2 is 2.32 bits per heavy atom. The lowest BCUT2D eigenvalue weighted by Gasteiger charge is -2.09. The van der Waals surface area contributed by atoms with Crippen molar-refractivity contribution < 1.29 is 9.26 Å². The summed E-state index contributed by atoms with van der Waals surface area (Å²) in [6, 6.07) is 0. The highest BCUT2D eigenvalue weighted by Gasteiger charge is 2.17. The Morgan fingerprint density at radius 3 is 2.95 bits per heavy atom. The van der Waals surface area contributed by atoms with Crippen molar-refractivity contribution in [2.24, 2.45) is 5.73 Å². The van der Waals surface area contributed by atoms with E-state index in [-0.39, 0.29) is 6.10 Å². The highest BCUT2D eigenvalue weighted by molar-refractivity contribution is 4.94. The van der Waals surface area contributed by atoms with E-state index in [1.165, 1.54) is 0 Å². The first-order valence-corrected chi connectivity index (χ1v) is 6.30. The van der Waals surface area contributed by atoms with Gasteiger partial charge in [-0.05, 0) is 13.3 Å². The van der Waals surface area contributed by atoms with Crippen LogP contribution in [-0.4, -0.2) is 31.7 Å². The highest BCUT2D eigenvalue weighted by Crippen LogP contribution is 2.17. The summed E-state index contributed by atoms with van der Waals surface area (Å²) in [5, 5.41) is 11.7. The average Bonchev–Trinajstić information content (AvgIpc) is 3.05. The maximum absolute atomic E-state index is 5.53. The van der Waals surface area contributed by atoms with Crippen LogP contribution in [0.25, 0.3) is 0 Å². The molecule has 0 radical (unpaired) electrons. The molecule has 1 atom stereocenters. The van der Waals surface area contributed by atoms with E-state index in [1.807, 2.05) is 13.8 Å². The normalized spacial score (nSPS) is 12.8. The minimum absolute atomic E-state index is 0.127. The van der Waals surface area contributed by atoms with Crippen LogP contribution in [0.2, 0.25) is 0 Å². The van der Waals surface area contributed by atoms with Gasteiger partial charge in [0.05, 0.1) is 11.9 Å². The van der Waals surface area contributed by atoms with Gasteiger partial charge < -0.3 is 15.0 Å². The molecule has 0 saturated carbocycles. The standard InChI is InChI=1S/C11H18N6O2/c1-3-9(18-4-2)11-13-10(19-15-11)7-17-6-8(5-12)14-16-17/h6,9H,3-5,7,12H2,1-2H3. The van der Waals surface area contributed by atoms with Gasteiger partial charge in [0.15, 0.2) is 0 Å². The van der Waals surface area contributed by atoms with Crippen LogP contribution < -0.4 is 5.73 Å². The summed E-state index contributed by atoms with van der Waals surface area (Å²) in [4.78, 5) is 4.31. The number of hydrogen-bond acceptors (Lipinski definition) is 7. The first-order chi connectivity index (χ1) is 9.26. The SMILES string of the molecule is CCOC(CC)c1noc(Cn2cc(CN)nn2)n1. The Bertz CT molecular complexity index is 509. The summed E-state index contributed by atoms with van der Waals surface area (Å²) in [6.07, 6.45) is 2.43. The van der Waals surface area contributed by atoms with Crippen LogP contribution in [-0.2, 0) is 17.8 Å². The summed E-state index contributed by atoms with van der Waals surface area (Å²) in [5.41, 5.74) is 6.19. The maximum atomic E-state index is 5.53. The van der Waals surface area contributed by atoms with Crippen molar-refractivity contribution in [2.45, 2.75) is 39.5 Å². The molecule has 0 bridgehead atoms. The van der Waals surface area contributed by atoms with E-state index in [0.29, 0.717) is 31.4 Å². The monoisotopic (exact) mass is 266 g/mol. The van der Waals surface area contributed by atoms with E-state index in [4.69, 9.17) is 15.0 Å². The van der Waals surface area contributed by atoms with Crippen molar-refractivity contribution >= 4 is 0 Å². The third-order valence-corrected chi connectivity index (χ3v) is 2.60. The number of hydrogen-bond donors (Lipinski definition) is 1. The van der Waals surface area contributed by atoms with Crippen molar-refractivity contribution in [1.82, 2.24) is 25.1 Å². The van der Waals surface area contributed by atoms with E-state index in [2.05, 4.69) is 20.5 Å². The smallest absolute Gasteiger partial charge is 0.248 e. The van der Waals surface area contributed by atoms with Gasteiger partial charge in [0.1, 0.15) is 12.6 Å². The number of nitrogens with two attached hydrogens (primary N) is 1. The molecular formula is C11H18N6O2. The fraction of sp³-hybridized carbons (Fsp3) is 0.636. The van der Waals surface area contributed by atoms with Gasteiger partial charge in [-0.1, -0.05) is 17.3 Å². The van der Waals surface area contributed by atoms with Crippen molar-refractivity contribution in [2.75, 3.05) is 6.61 Å². The molecule has 0 saturated heterocycles. The topological polar surface area (TPSA) is 105 Å². The van der Waals surface area contributed by atoms with Crippen molar-refractivity contribution in [3.05, 3.63) is 23.6 Å². The van der Waals surface area contributed by atoms with Crippen molar-refractivity contribution in [3.8, 4) is 0 Å². The quantitative estimate of drug-likeness (QED) is 0.784. The van der Waals surface area contributed by atoms with E-state index >= 15 is 0 Å². The van der Waals surface area contributed by atoms with E-state index < -0.39 is 0 Å². The van der Waals surface area contributed by atoms with Gasteiger partial charge in [-0.25, -0.2) is 4.68 Å². The molecular weight excluding hydrogens is 248 g/mol. The molecule has 19 heavy (non-hydrogen) atoms. The lowest BCUT2D eigenvalue weighted by atomic mass is 10.2. The van der Waals surface area contributed by atoms with Gasteiger partial charge in [-0.15, -0.1) is 5.10 Å². The molecule has 2 N–H and O–H groups in total. The Morgan fingerprint density at radius 1 is 1.47 bits per heavy atom. The Balaban J connectivity index is 2.04. The molecule has 104 valence electrons. The Labute approximate surface area is 110 Å². The summed E-state index contributed by atoms with van der Waals surface area (Å²) >= 11 is 0. The minimum atomic E-state index is -0.127. The molecule has 0 fully saturated rings. The van der Waals surface area contributed by atoms with Crippen LogP contribution in [0.3, 0.4) is 0 Å². The molecule has 8 nitrogen and oxygen atoms in total. The van der Waals surface area contributed by atoms with Crippen LogP contribution >= 0.6 is 0 Å². The molecule has 0 aliphatic heterocycles. The fourth-order valence-electron chi connectivity index (χ4n) is 1.69. The minimum Gasteiger partial charge on any atom is -0.370 e. The molecule has 0 aliphatic carbocycles. The van der Waals surface area contributed by atoms with Crippen molar-refractivity contribution in [1.29, 1.82) is 0 Å². The van der Waals surface area contributed by atoms with E-state index in [1.54, 1.807) is 10.9 Å². The lowest BCUT2D eigenvalue weighted by molar-refractivity contribution is 0.0518. The fourth-order valence-corrected chi connectivity index (χ4v) is 1.69. The molecule has 0 spiro atoms. The maximum Gasteiger partial charge on any atom is 0.248 e. The molecule has 0 aliphatic rings. The van der Waals surface area contributed by atoms with Gasteiger partial charge in [0.2, 0.25) is 11.7 Å². The zero-order valence-electron chi connectivity index (χ0n) is 11.1. The van der Waals surface area contributed by atoms with E-state index in [9.17, 15) is 0 Å². The van der Waals surface area contributed by atoms with Crippen LogP contribution in [0.5, 0.6) is 0 Å². The zero-order valence-corrected chi connectivity index (χ0v) is 11.1. The highest BCUT2D eigenvalue weighted by atomic mass is 16.5. The summed E-state index contributed by atoms with van der Waals surface area (Å²) in [6.45, 7) is 5.31. The molecule has 2 aromatic rings. The van der Waals surface area contributed by atoms with Gasteiger partial charge in [0, 0.05) is 13.2 Å². The second-order valence-corrected chi connectivity index (χ2v) is 4.01.